The van der Waals surface area contributed by atoms with Crippen molar-refractivity contribution in [1.29, 1.82) is 0 Å². The lowest BCUT2D eigenvalue weighted by Gasteiger charge is -2.45. The minimum absolute atomic E-state index is 0.0282. The van der Waals surface area contributed by atoms with Gasteiger partial charge in [-0.15, -0.1) is 11.3 Å². The smallest absolute Gasteiger partial charge is 0.261 e. The molecular formula is C24H26N8O3S2. The van der Waals surface area contributed by atoms with Gasteiger partial charge in [0, 0.05) is 44.1 Å². The van der Waals surface area contributed by atoms with Crippen molar-refractivity contribution in [3.05, 3.63) is 41.2 Å². The minimum Gasteiger partial charge on any atom is -0.320 e. The number of fused-ring (bicyclic) bond motifs is 8. The van der Waals surface area contributed by atoms with E-state index < -0.39 is 10.0 Å². The Morgan fingerprint density at radius 2 is 2.00 bits per heavy atom. The summed E-state index contributed by atoms with van der Waals surface area (Å²) in [5.74, 6) is 0.736. The lowest BCUT2D eigenvalue weighted by Crippen LogP contribution is -2.49. The Balaban J connectivity index is 1.16. The normalized spacial score (nSPS) is 20.5. The van der Waals surface area contributed by atoms with Crippen LogP contribution in [0.1, 0.15) is 25.7 Å². The number of aromatic nitrogens is 6. The number of pyridine rings is 2. The highest BCUT2D eigenvalue weighted by atomic mass is 32.2. The highest BCUT2D eigenvalue weighted by Crippen LogP contribution is 2.35. The van der Waals surface area contributed by atoms with E-state index in [1.165, 1.54) is 43.2 Å². The van der Waals surface area contributed by atoms with Crippen molar-refractivity contribution >= 4 is 53.8 Å². The predicted molar refractivity (Wildman–Crippen MR) is 143 cm³/mol. The second-order valence-electron chi connectivity index (χ2n) is 10.1. The van der Waals surface area contributed by atoms with Gasteiger partial charge in [-0.05, 0) is 37.7 Å². The van der Waals surface area contributed by atoms with Crippen molar-refractivity contribution in [2.75, 3.05) is 23.6 Å². The molecule has 11 nitrogen and oxygen atoms in total. The zero-order valence-corrected chi connectivity index (χ0v) is 21.8. The van der Waals surface area contributed by atoms with Crippen molar-refractivity contribution < 1.29 is 8.42 Å². The number of nitrogens with zero attached hydrogens (tertiary/aromatic N) is 6. The molecule has 2 N–H and O–H groups in total. The van der Waals surface area contributed by atoms with E-state index in [1.54, 1.807) is 21.5 Å². The van der Waals surface area contributed by atoms with Gasteiger partial charge in [-0.25, -0.2) is 12.9 Å². The Morgan fingerprint density at radius 1 is 1.16 bits per heavy atom. The molecule has 5 aromatic rings. The van der Waals surface area contributed by atoms with Crippen molar-refractivity contribution in [3.8, 4) is 10.4 Å². The maximum absolute atomic E-state index is 13.1. The molecule has 3 aliphatic rings. The third kappa shape index (κ3) is 4.01. The fourth-order valence-corrected chi connectivity index (χ4v) is 7.91. The lowest BCUT2D eigenvalue weighted by molar-refractivity contribution is 0.0545. The third-order valence-electron chi connectivity index (χ3n) is 7.64. The highest BCUT2D eigenvalue weighted by molar-refractivity contribution is 7.92. The maximum atomic E-state index is 13.1. The Kier molecular flexibility index (Phi) is 5.17. The number of rotatable bonds is 6. The predicted octanol–water partition coefficient (Wildman–Crippen LogP) is 2.80. The van der Waals surface area contributed by atoms with Gasteiger partial charge in [0.05, 0.1) is 34.2 Å². The van der Waals surface area contributed by atoms with E-state index in [4.69, 9.17) is 0 Å². The number of piperidine rings is 2. The van der Waals surface area contributed by atoms with Crippen LogP contribution in [0.15, 0.2) is 35.6 Å². The van der Waals surface area contributed by atoms with Gasteiger partial charge in [-0.3, -0.25) is 24.1 Å². The van der Waals surface area contributed by atoms with Gasteiger partial charge in [0.15, 0.2) is 0 Å². The van der Waals surface area contributed by atoms with Crippen LogP contribution in [0.3, 0.4) is 0 Å². The molecule has 5 aromatic heterocycles. The Hall–Kier alpha value is -3.29. The van der Waals surface area contributed by atoms with Crippen molar-refractivity contribution in [1.82, 2.24) is 34.3 Å². The molecular weight excluding hydrogens is 512 g/mol. The second kappa shape index (κ2) is 8.36. The van der Waals surface area contributed by atoms with E-state index in [0.29, 0.717) is 46.1 Å². The summed E-state index contributed by atoms with van der Waals surface area (Å²) in [5.41, 5.74) is 2.41. The summed E-state index contributed by atoms with van der Waals surface area (Å²) < 4.78 is 31.7. The van der Waals surface area contributed by atoms with E-state index in [9.17, 15) is 13.2 Å². The fraction of sp³-hybridized carbons (Fsp3) is 0.417. The quantitative estimate of drug-likeness (QED) is 0.340. The van der Waals surface area contributed by atoms with E-state index in [-0.39, 0.29) is 11.3 Å². The first-order valence-corrected chi connectivity index (χ1v) is 14.9. The monoisotopic (exact) mass is 538 g/mol. The summed E-state index contributed by atoms with van der Waals surface area (Å²) >= 11 is 1.46. The summed E-state index contributed by atoms with van der Waals surface area (Å²) in [6.45, 7) is 1.53. The van der Waals surface area contributed by atoms with Gasteiger partial charge in [-0.1, -0.05) is 0 Å². The summed E-state index contributed by atoms with van der Waals surface area (Å²) in [6, 6.07) is 2.12. The summed E-state index contributed by atoms with van der Waals surface area (Å²) in [5, 5.41) is 9.31. The molecule has 0 atom stereocenters. The van der Waals surface area contributed by atoms with Gasteiger partial charge in [0.25, 0.3) is 5.56 Å². The average Bonchev–Trinajstić information content (AvgIpc) is 3.57. The molecule has 37 heavy (non-hydrogen) atoms. The van der Waals surface area contributed by atoms with Crippen LogP contribution < -0.4 is 10.3 Å². The van der Waals surface area contributed by atoms with Crippen LogP contribution in [0.2, 0.25) is 0 Å². The molecule has 3 fully saturated rings. The lowest BCUT2D eigenvalue weighted by atomic mass is 9.80. The molecule has 1 aliphatic carbocycles. The van der Waals surface area contributed by atoms with Crippen molar-refractivity contribution in [3.63, 3.8) is 0 Å². The standard InChI is InChI=1S/C24H26N8O3S2/c1-30-12-15(9-26-30)19-13-32-24(36-19)20-22(28-32)21-18(27-23(20)33)8-16(10-25-21)29-37(34,35)7-6-31-11-14-2-4-17(31)5-3-14/h8-10,12-14,17,29H,2-7,11H2,1H3,(H,27,33). The largest absolute Gasteiger partial charge is 0.320 e. The second-order valence-corrected chi connectivity index (χ2v) is 13.0. The van der Waals surface area contributed by atoms with Crippen LogP contribution >= 0.6 is 11.3 Å². The van der Waals surface area contributed by atoms with Crippen LogP contribution in [0.25, 0.3) is 37.2 Å². The van der Waals surface area contributed by atoms with Gasteiger partial charge >= 0.3 is 0 Å². The topological polar surface area (TPSA) is 130 Å². The number of anilines is 1. The number of hydrogen-bond acceptors (Lipinski definition) is 8. The summed E-state index contributed by atoms with van der Waals surface area (Å²) in [7, 11) is -1.71. The Morgan fingerprint density at radius 3 is 2.73 bits per heavy atom. The van der Waals surface area contributed by atoms with Crippen LogP contribution in [0.5, 0.6) is 0 Å². The van der Waals surface area contributed by atoms with Gasteiger partial charge < -0.3 is 4.98 Å². The first-order chi connectivity index (χ1) is 17.8. The van der Waals surface area contributed by atoms with Gasteiger partial charge in [0.1, 0.15) is 21.3 Å². The summed E-state index contributed by atoms with van der Waals surface area (Å²) in [6.07, 6.45) is 11.9. The number of H-pyrrole nitrogens is 1. The van der Waals surface area contributed by atoms with Crippen LogP contribution in [0.4, 0.5) is 5.69 Å². The molecule has 2 bridgehead atoms. The van der Waals surface area contributed by atoms with E-state index in [1.807, 2.05) is 19.4 Å². The first kappa shape index (κ1) is 22.9. The SMILES string of the molecule is Cn1cc(-c2cn3nc4c5ncc(NS(=O)(=O)CCN6CC7CCC6CC7)cc5[nH]c(=O)c4c3s2)cn1. The molecule has 2 saturated heterocycles. The number of aromatic amines is 1. The fourth-order valence-electron chi connectivity index (χ4n) is 5.80. The number of nitrogens with one attached hydrogen (secondary N) is 2. The molecule has 0 spiro atoms. The molecule has 13 heteroatoms. The zero-order valence-electron chi connectivity index (χ0n) is 20.2. The van der Waals surface area contributed by atoms with Crippen molar-refractivity contribution in [2.45, 2.75) is 31.7 Å². The number of hydrogen-bond donors (Lipinski definition) is 2. The number of aryl methyl sites for hydroxylation is 1. The van der Waals surface area contributed by atoms with Crippen LogP contribution in [0, 0.1) is 5.92 Å². The average molecular weight is 539 g/mol. The van der Waals surface area contributed by atoms with Gasteiger partial charge in [0.2, 0.25) is 10.0 Å². The van der Waals surface area contributed by atoms with Crippen LogP contribution in [-0.4, -0.2) is 67.6 Å². The first-order valence-electron chi connectivity index (χ1n) is 12.4. The zero-order chi connectivity index (χ0) is 25.3. The minimum atomic E-state index is -3.56. The Bertz CT molecular complexity index is 1830. The molecule has 0 unspecified atom stereocenters. The molecule has 0 radical (unpaired) electrons. The van der Waals surface area contributed by atoms with Crippen LogP contribution in [-0.2, 0) is 17.1 Å². The molecule has 0 amide bonds. The molecule has 2 aliphatic heterocycles. The van der Waals surface area contributed by atoms with E-state index in [2.05, 4.69) is 29.8 Å². The van der Waals surface area contributed by atoms with E-state index in [0.717, 1.165) is 21.8 Å². The Labute approximate surface area is 216 Å². The van der Waals surface area contributed by atoms with E-state index >= 15 is 0 Å². The molecule has 192 valence electrons. The molecule has 7 heterocycles. The summed E-state index contributed by atoms with van der Waals surface area (Å²) in [4.78, 5) is 24.4. The van der Waals surface area contributed by atoms with Crippen molar-refractivity contribution in [2.24, 2.45) is 13.0 Å². The molecule has 1 saturated carbocycles. The maximum Gasteiger partial charge on any atom is 0.261 e. The number of sulfonamides is 1. The molecule has 8 rings (SSSR count). The third-order valence-corrected chi connectivity index (χ3v) is 10.0. The molecule has 0 aromatic carbocycles. The van der Waals surface area contributed by atoms with Gasteiger partial charge in [-0.2, -0.15) is 10.2 Å². The highest BCUT2D eigenvalue weighted by Gasteiger charge is 2.34. The number of thiazole rings is 1.